The molecule has 0 bridgehead atoms. The van der Waals surface area contributed by atoms with E-state index < -0.39 is 0 Å². The Morgan fingerprint density at radius 3 is 2.50 bits per heavy atom. The van der Waals surface area contributed by atoms with E-state index in [1.54, 1.807) is 0 Å². The lowest BCUT2D eigenvalue weighted by molar-refractivity contribution is 0.420. The summed E-state index contributed by atoms with van der Waals surface area (Å²) in [5.41, 5.74) is 5.81. The predicted octanol–water partition coefficient (Wildman–Crippen LogP) is 2.52. The van der Waals surface area contributed by atoms with Crippen molar-refractivity contribution in [2.75, 3.05) is 0 Å². The van der Waals surface area contributed by atoms with E-state index in [1.807, 2.05) is 0 Å². The number of hydrogen-bond acceptors (Lipinski definition) is 2. The maximum atomic E-state index is 5.69. The Balaban J connectivity index is 2.21. The van der Waals surface area contributed by atoms with E-state index in [2.05, 4.69) is 49.3 Å². The minimum atomic E-state index is 0.245. The first-order valence-corrected chi connectivity index (χ1v) is 5.85. The van der Waals surface area contributed by atoms with Gasteiger partial charge in [0.05, 0.1) is 0 Å². The van der Waals surface area contributed by atoms with Crippen molar-refractivity contribution in [2.24, 2.45) is 5.84 Å². The molecule has 2 rings (SSSR count). The van der Waals surface area contributed by atoms with Gasteiger partial charge < -0.3 is 0 Å². The fourth-order valence-electron chi connectivity index (χ4n) is 2.51. The van der Waals surface area contributed by atoms with Crippen LogP contribution in [0.5, 0.6) is 0 Å². The van der Waals surface area contributed by atoms with Crippen LogP contribution in [0.15, 0.2) is 42.5 Å². The maximum absolute atomic E-state index is 5.69. The van der Waals surface area contributed by atoms with E-state index in [9.17, 15) is 0 Å². The zero-order valence-corrected chi connectivity index (χ0v) is 9.87. The monoisotopic (exact) mass is 216 g/mol. The number of hydrogen-bond donors (Lipinski definition) is 2. The minimum absolute atomic E-state index is 0.245. The van der Waals surface area contributed by atoms with E-state index in [0.29, 0.717) is 6.04 Å². The fourth-order valence-corrected chi connectivity index (χ4v) is 2.51. The third-order valence-corrected chi connectivity index (χ3v) is 3.56. The molecule has 2 nitrogen and oxygen atoms in total. The molecule has 1 aliphatic carbocycles. The van der Waals surface area contributed by atoms with Gasteiger partial charge in [0.2, 0.25) is 0 Å². The van der Waals surface area contributed by atoms with Crippen molar-refractivity contribution in [3.8, 4) is 0 Å². The summed E-state index contributed by atoms with van der Waals surface area (Å²) >= 11 is 0. The van der Waals surface area contributed by atoms with Crippen LogP contribution >= 0.6 is 0 Å². The van der Waals surface area contributed by atoms with Crippen LogP contribution in [0.3, 0.4) is 0 Å². The molecule has 1 fully saturated rings. The van der Waals surface area contributed by atoms with Crippen molar-refractivity contribution in [3.05, 3.63) is 48.0 Å². The number of nitrogens with two attached hydrogens (primary N) is 1. The van der Waals surface area contributed by atoms with E-state index in [4.69, 9.17) is 5.84 Å². The van der Waals surface area contributed by atoms with E-state index in [1.165, 1.54) is 24.0 Å². The highest BCUT2D eigenvalue weighted by Gasteiger charge is 2.49. The van der Waals surface area contributed by atoms with Gasteiger partial charge in [-0.2, -0.15) is 0 Å². The Hall–Kier alpha value is -1.12. The Labute approximate surface area is 97.5 Å². The normalized spacial score (nSPS) is 19.1. The molecule has 0 saturated heterocycles. The second-order valence-corrected chi connectivity index (χ2v) is 4.90. The van der Waals surface area contributed by atoms with Gasteiger partial charge in [0.25, 0.3) is 0 Å². The number of rotatable bonds is 5. The molecular formula is C14H20N2. The lowest BCUT2D eigenvalue weighted by Crippen LogP contribution is -2.44. The van der Waals surface area contributed by atoms with Gasteiger partial charge in [-0.1, -0.05) is 35.9 Å². The van der Waals surface area contributed by atoms with Crippen molar-refractivity contribution in [1.82, 2.24) is 5.43 Å². The summed E-state index contributed by atoms with van der Waals surface area (Å²) in [4.78, 5) is 0. The third kappa shape index (κ3) is 2.04. The average Bonchev–Trinajstić information content (AvgIpc) is 3.08. The standard InChI is InChI=1S/C14H20N2/c1-11(2)10-13(16-15)14(8-9-14)12-6-4-3-5-7-12/h3-7,13,16H,1,8-10,15H2,2H3. The summed E-state index contributed by atoms with van der Waals surface area (Å²) in [7, 11) is 0. The lowest BCUT2D eigenvalue weighted by Gasteiger charge is -2.27. The van der Waals surface area contributed by atoms with Crippen molar-refractivity contribution in [3.63, 3.8) is 0 Å². The Morgan fingerprint density at radius 2 is 2.06 bits per heavy atom. The number of hydrazine groups is 1. The molecule has 1 atom stereocenters. The minimum Gasteiger partial charge on any atom is -0.271 e. The van der Waals surface area contributed by atoms with Crippen LogP contribution in [0.1, 0.15) is 31.7 Å². The molecule has 0 aromatic heterocycles. The fraction of sp³-hybridized carbons (Fsp3) is 0.429. The summed E-state index contributed by atoms with van der Waals surface area (Å²) in [6.07, 6.45) is 3.39. The van der Waals surface area contributed by atoms with Crippen LogP contribution < -0.4 is 11.3 Å². The highest BCUT2D eigenvalue weighted by molar-refractivity contribution is 5.34. The maximum Gasteiger partial charge on any atom is 0.0344 e. The van der Waals surface area contributed by atoms with Gasteiger partial charge in [-0.25, -0.2) is 0 Å². The molecule has 0 radical (unpaired) electrons. The number of nitrogens with one attached hydrogen (secondary N) is 1. The van der Waals surface area contributed by atoms with E-state index in [0.717, 1.165) is 6.42 Å². The molecule has 2 heteroatoms. The molecule has 0 aliphatic heterocycles. The smallest absolute Gasteiger partial charge is 0.0344 e. The molecule has 1 saturated carbocycles. The molecule has 0 amide bonds. The van der Waals surface area contributed by atoms with Gasteiger partial charge in [0.1, 0.15) is 0 Å². The van der Waals surface area contributed by atoms with Gasteiger partial charge in [-0.15, -0.1) is 6.58 Å². The van der Waals surface area contributed by atoms with Gasteiger partial charge in [0.15, 0.2) is 0 Å². The summed E-state index contributed by atoms with van der Waals surface area (Å²) in [6, 6.07) is 11.0. The van der Waals surface area contributed by atoms with Crippen LogP contribution in [0.4, 0.5) is 0 Å². The van der Waals surface area contributed by atoms with Crippen molar-refractivity contribution in [1.29, 1.82) is 0 Å². The summed E-state index contributed by atoms with van der Waals surface area (Å²) in [5.74, 6) is 5.69. The molecule has 1 aromatic rings. The predicted molar refractivity (Wildman–Crippen MR) is 67.9 cm³/mol. The average molecular weight is 216 g/mol. The van der Waals surface area contributed by atoms with Gasteiger partial charge >= 0.3 is 0 Å². The zero-order valence-electron chi connectivity index (χ0n) is 9.87. The first-order valence-electron chi connectivity index (χ1n) is 5.85. The largest absolute Gasteiger partial charge is 0.271 e. The second kappa shape index (κ2) is 4.40. The Bertz CT molecular complexity index is 366. The van der Waals surface area contributed by atoms with Gasteiger partial charge in [0, 0.05) is 11.5 Å². The molecule has 1 aliphatic rings. The van der Waals surface area contributed by atoms with Crippen LogP contribution in [0.2, 0.25) is 0 Å². The summed E-state index contributed by atoms with van der Waals surface area (Å²) in [6.45, 7) is 6.04. The number of benzene rings is 1. The zero-order chi connectivity index (χ0) is 11.6. The SMILES string of the molecule is C=C(C)CC(NN)C1(c2ccccc2)CC1. The highest BCUT2D eigenvalue weighted by atomic mass is 15.2. The Kier molecular flexibility index (Phi) is 3.13. The molecule has 16 heavy (non-hydrogen) atoms. The van der Waals surface area contributed by atoms with E-state index >= 15 is 0 Å². The summed E-state index contributed by atoms with van der Waals surface area (Å²) in [5, 5.41) is 0. The van der Waals surface area contributed by atoms with Crippen LogP contribution in [0, 0.1) is 0 Å². The van der Waals surface area contributed by atoms with Crippen LogP contribution in [-0.4, -0.2) is 6.04 Å². The molecule has 3 N–H and O–H groups in total. The third-order valence-electron chi connectivity index (χ3n) is 3.56. The highest BCUT2D eigenvalue weighted by Crippen LogP contribution is 2.51. The first kappa shape index (κ1) is 11.4. The molecule has 0 spiro atoms. The quantitative estimate of drug-likeness (QED) is 0.451. The molecule has 1 unspecified atom stereocenters. The Morgan fingerprint density at radius 1 is 1.44 bits per heavy atom. The lowest BCUT2D eigenvalue weighted by atomic mass is 9.85. The molecule has 86 valence electrons. The van der Waals surface area contributed by atoms with E-state index in [-0.39, 0.29) is 5.41 Å². The molecule has 0 heterocycles. The molecular weight excluding hydrogens is 196 g/mol. The molecule has 1 aromatic carbocycles. The van der Waals surface area contributed by atoms with Crippen molar-refractivity contribution >= 4 is 0 Å². The van der Waals surface area contributed by atoms with Crippen LogP contribution in [-0.2, 0) is 5.41 Å². The van der Waals surface area contributed by atoms with Crippen LogP contribution in [0.25, 0.3) is 0 Å². The van der Waals surface area contributed by atoms with Gasteiger partial charge in [-0.3, -0.25) is 11.3 Å². The second-order valence-electron chi connectivity index (χ2n) is 4.90. The van der Waals surface area contributed by atoms with Gasteiger partial charge in [-0.05, 0) is 31.7 Å². The summed E-state index contributed by atoms with van der Waals surface area (Å²) < 4.78 is 0. The van der Waals surface area contributed by atoms with Crippen molar-refractivity contribution in [2.45, 2.75) is 37.6 Å². The van der Waals surface area contributed by atoms with Crippen molar-refractivity contribution < 1.29 is 0 Å². The first-order chi connectivity index (χ1) is 7.69. The topological polar surface area (TPSA) is 38.0 Å².